The molecule has 0 aliphatic carbocycles. The number of likely N-dealkylation sites (tertiary alicyclic amines) is 1. The first kappa shape index (κ1) is 19.9. The Morgan fingerprint density at radius 1 is 0.966 bits per heavy atom. The summed E-state index contributed by atoms with van der Waals surface area (Å²) in [6.07, 6.45) is 6.20. The van der Waals surface area contributed by atoms with Gasteiger partial charge in [-0.25, -0.2) is 4.98 Å². The summed E-state index contributed by atoms with van der Waals surface area (Å²) in [5.74, 6) is 0.523. The highest BCUT2D eigenvalue weighted by atomic mass is 16.2. The number of anilines is 1. The van der Waals surface area contributed by atoms with Crippen molar-refractivity contribution in [2.75, 3.05) is 44.2 Å². The van der Waals surface area contributed by atoms with Crippen molar-refractivity contribution in [3.8, 4) is 0 Å². The zero-order chi connectivity index (χ0) is 20.1. The minimum atomic E-state index is -0.0875. The molecule has 2 aromatic rings. The Morgan fingerprint density at radius 3 is 2.48 bits per heavy atom. The number of fused-ring (bicyclic) bond motifs is 1. The molecule has 3 heterocycles. The van der Waals surface area contributed by atoms with Crippen LogP contribution in [0.25, 0.3) is 11.0 Å². The first-order valence-corrected chi connectivity index (χ1v) is 11.0. The predicted octanol–water partition coefficient (Wildman–Crippen LogP) is 1.99. The number of para-hydroxylation sites is 2. The van der Waals surface area contributed by atoms with Crippen molar-refractivity contribution >= 4 is 22.8 Å². The minimum absolute atomic E-state index is 0.00323. The summed E-state index contributed by atoms with van der Waals surface area (Å²) in [7, 11) is 0. The molecular formula is C22H31N5O2. The first-order chi connectivity index (χ1) is 14.2. The van der Waals surface area contributed by atoms with Gasteiger partial charge < -0.3 is 19.7 Å². The van der Waals surface area contributed by atoms with Crippen LogP contribution in [0, 0.1) is 0 Å². The van der Waals surface area contributed by atoms with E-state index in [0.29, 0.717) is 25.3 Å². The van der Waals surface area contributed by atoms with Gasteiger partial charge >= 0.3 is 0 Å². The van der Waals surface area contributed by atoms with Gasteiger partial charge in [-0.3, -0.25) is 9.59 Å². The fourth-order valence-electron chi connectivity index (χ4n) is 4.37. The van der Waals surface area contributed by atoms with Crippen LogP contribution in [0.3, 0.4) is 0 Å². The summed E-state index contributed by atoms with van der Waals surface area (Å²) in [5, 5.41) is 3.00. The second-order valence-corrected chi connectivity index (χ2v) is 8.08. The lowest BCUT2D eigenvalue weighted by atomic mass is 10.1. The average Bonchev–Trinajstić information content (AvgIpc) is 3.27. The number of rotatable bonds is 7. The van der Waals surface area contributed by atoms with Crippen LogP contribution >= 0.6 is 0 Å². The summed E-state index contributed by atoms with van der Waals surface area (Å²) in [4.78, 5) is 34.7. The third-order valence-electron chi connectivity index (χ3n) is 6.00. The van der Waals surface area contributed by atoms with Gasteiger partial charge in [0.1, 0.15) is 0 Å². The number of piperidine rings is 1. The monoisotopic (exact) mass is 397 g/mol. The molecule has 29 heavy (non-hydrogen) atoms. The fourth-order valence-corrected chi connectivity index (χ4v) is 4.37. The molecule has 7 heteroatoms. The average molecular weight is 398 g/mol. The third kappa shape index (κ3) is 4.78. The van der Waals surface area contributed by atoms with Crippen molar-refractivity contribution in [1.29, 1.82) is 0 Å². The molecular weight excluding hydrogens is 366 g/mol. The Hall–Kier alpha value is -2.41. The maximum atomic E-state index is 13.2. The Kier molecular flexibility index (Phi) is 6.44. The summed E-state index contributed by atoms with van der Waals surface area (Å²) in [5.41, 5.74) is 1.51. The molecule has 1 N–H and O–H groups in total. The Balaban J connectivity index is 1.46. The maximum Gasteiger partial charge on any atom is 0.294 e. The molecule has 7 nitrogen and oxygen atoms in total. The van der Waals surface area contributed by atoms with E-state index in [9.17, 15) is 9.59 Å². The first-order valence-electron chi connectivity index (χ1n) is 11.0. The molecule has 0 unspecified atom stereocenters. The Bertz CT molecular complexity index is 898. The van der Waals surface area contributed by atoms with Crippen molar-refractivity contribution in [3.05, 3.63) is 34.6 Å². The molecule has 0 bridgehead atoms. The summed E-state index contributed by atoms with van der Waals surface area (Å²) in [6, 6.07) is 7.70. The van der Waals surface area contributed by atoms with Gasteiger partial charge in [-0.2, -0.15) is 0 Å². The van der Waals surface area contributed by atoms with Crippen LogP contribution in [0.5, 0.6) is 0 Å². The van der Waals surface area contributed by atoms with Crippen LogP contribution in [-0.4, -0.2) is 59.6 Å². The summed E-state index contributed by atoms with van der Waals surface area (Å²) >= 11 is 0. The molecule has 2 fully saturated rings. The molecule has 0 radical (unpaired) electrons. The number of carbonyl (C=O) groups excluding carboxylic acids is 1. The van der Waals surface area contributed by atoms with Gasteiger partial charge in [0.2, 0.25) is 5.91 Å². The van der Waals surface area contributed by atoms with E-state index < -0.39 is 0 Å². The number of aromatic nitrogens is 2. The van der Waals surface area contributed by atoms with E-state index in [1.807, 2.05) is 24.3 Å². The standard InChI is InChI=1S/C22H31N5O2/c28-20(23-11-17-25-12-6-7-13-25)10-16-27-19-9-3-2-8-18(19)24-21(22(27)29)26-14-4-1-5-15-26/h2-3,8-9H,1,4-7,10-17H2,(H,23,28). The smallest absolute Gasteiger partial charge is 0.294 e. The molecule has 0 saturated carbocycles. The van der Waals surface area contributed by atoms with E-state index in [1.54, 1.807) is 4.57 Å². The summed E-state index contributed by atoms with van der Waals surface area (Å²) in [6.45, 7) is 5.96. The van der Waals surface area contributed by atoms with Crippen LogP contribution in [0.15, 0.2) is 29.1 Å². The molecule has 2 aliphatic heterocycles. The SMILES string of the molecule is O=C(CCn1c(=O)c(N2CCCCC2)nc2ccccc21)NCCN1CCCC1. The van der Waals surface area contributed by atoms with Crippen molar-refractivity contribution in [2.45, 2.75) is 45.1 Å². The predicted molar refractivity (Wildman–Crippen MR) is 115 cm³/mol. The zero-order valence-corrected chi connectivity index (χ0v) is 17.1. The maximum absolute atomic E-state index is 13.2. The van der Waals surface area contributed by atoms with Gasteiger partial charge in [0.15, 0.2) is 5.82 Å². The Labute approximate surface area is 171 Å². The second-order valence-electron chi connectivity index (χ2n) is 8.08. The molecule has 1 aromatic carbocycles. The quantitative estimate of drug-likeness (QED) is 0.774. The largest absolute Gasteiger partial charge is 0.355 e. The van der Waals surface area contributed by atoms with Crippen molar-refractivity contribution in [1.82, 2.24) is 19.8 Å². The fraction of sp³-hybridized carbons (Fsp3) is 0.591. The molecule has 0 spiro atoms. The topological polar surface area (TPSA) is 70.5 Å². The van der Waals surface area contributed by atoms with E-state index in [-0.39, 0.29) is 11.5 Å². The molecule has 2 saturated heterocycles. The molecule has 2 aliphatic rings. The van der Waals surface area contributed by atoms with E-state index in [2.05, 4.69) is 20.1 Å². The lowest BCUT2D eigenvalue weighted by Gasteiger charge is -2.27. The van der Waals surface area contributed by atoms with Gasteiger partial charge in [0.25, 0.3) is 5.56 Å². The van der Waals surface area contributed by atoms with E-state index >= 15 is 0 Å². The van der Waals surface area contributed by atoms with Gasteiger partial charge in [0.05, 0.1) is 11.0 Å². The van der Waals surface area contributed by atoms with E-state index in [1.165, 1.54) is 19.3 Å². The van der Waals surface area contributed by atoms with E-state index in [0.717, 1.165) is 56.6 Å². The van der Waals surface area contributed by atoms with Gasteiger partial charge in [-0.05, 0) is 57.3 Å². The molecule has 156 valence electrons. The minimum Gasteiger partial charge on any atom is -0.355 e. The third-order valence-corrected chi connectivity index (χ3v) is 6.00. The van der Waals surface area contributed by atoms with Gasteiger partial charge in [-0.15, -0.1) is 0 Å². The number of nitrogens with zero attached hydrogens (tertiary/aromatic N) is 4. The number of amides is 1. The van der Waals surface area contributed by atoms with Crippen molar-refractivity contribution < 1.29 is 4.79 Å². The van der Waals surface area contributed by atoms with Crippen LogP contribution in [0.2, 0.25) is 0 Å². The van der Waals surface area contributed by atoms with Gasteiger partial charge in [-0.1, -0.05) is 12.1 Å². The normalized spacial score (nSPS) is 17.7. The Morgan fingerprint density at radius 2 is 1.69 bits per heavy atom. The highest BCUT2D eigenvalue weighted by molar-refractivity contribution is 5.78. The van der Waals surface area contributed by atoms with Crippen LogP contribution < -0.4 is 15.8 Å². The molecule has 4 rings (SSSR count). The van der Waals surface area contributed by atoms with Crippen LogP contribution in [0.4, 0.5) is 5.82 Å². The second kappa shape index (κ2) is 9.39. The van der Waals surface area contributed by atoms with E-state index in [4.69, 9.17) is 0 Å². The van der Waals surface area contributed by atoms with Crippen LogP contribution in [-0.2, 0) is 11.3 Å². The number of hydrogen-bond acceptors (Lipinski definition) is 5. The summed E-state index contributed by atoms with van der Waals surface area (Å²) < 4.78 is 1.73. The van der Waals surface area contributed by atoms with Crippen molar-refractivity contribution in [3.63, 3.8) is 0 Å². The number of carbonyl (C=O) groups is 1. The molecule has 1 amide bonds. The van der Waals surface area contributed by atoms with Crippen molar-refractivity contribution in [2.24, 2.45) is 0 Å². The number of nitrogens with one attached hydrogen (secondary N) is 1. The number of benzene rings is 1. The molecule has 0 atom stereocenters. The zero-order valence-electron chi connectivity index (χ0n) is 17.1. The van der Waals surface area contributed by atoms with Gasteiger partial charge in [0, 0.05) is 39.1 Å². The lowest BCUT2D eigenvalue weighted by molar-refractivity contribution is -0.121. The molecule has 1 aromatic heterocycles. The highest BCUT2D eigenvalue weighted by Gasteiger charge is 2.19. The highest BCUT2D eigenvalue weighted by Crippen LogP contribution is 2.18. The van der Waals surface area contributed by atoms with Crippen LogP contribution in [0.1, 0.15) is 38.5 Å². The number of aryl methyl sites for hydroxylation is 1. The number of hydrogen-bond donors (Lipinski definition) is 1. The lowest BCUT2D eigenvalue weighted by Crippen LogP contribution is -2.38.